The van der Waals surface area contributed by atoms with Gasteiger partial charge in [-0.15, -0.1) is 0 Å². The number of rotatable bonds is 5. The van der Waals surface area contributed by atoms with E-state index in [4.69, 9.17) is 9.47 Å². The summed E-state index contributed by atoms with van der Waals surface area (Å²) < 4.78 is 12.2. The lowest BCUT2D eigenvalue weighted by Gasteiger charge is -2.31. The average molecular weight is 275 g/mol. The Labute approximate surface area is 121 Å². The van der Waals surface area contributed by atoms with Gasteiger partial charge in [0.1, 0.15) is 6.10 Å². The molecule has 1 saturated heterocycles. The summed E-state index contributed by atoms with van der Waals surface area (Å²) in [6, 6.07) is 6.27. The van der Waals surface area contributed by atoms with Crippen molar-refractivity contribution in [2.75, 3.05) is 19.7 Å². The first-order valence-electron chi connectivity index (χ1n) is 7.88. The quantitative estimate of drug-likeness (QED) is 0.895. The predicted octanol–water partition coefficient (Wildman–Crippen LogP) is 3.16. The largest absolute Gasteiger partial charge is 0.490 e. The highest BCUT2D eigenvalue weighted by molar-refractivity contribution is 5.43. The number of benzene rings is 1. The van der Waals surface area contributed by atoms with Crippen molar-refractivity contribution in [1.82, 2.24) is 5.32 Å². The zero-order valence-electron chi connectivity index (χ0n) is 12.5. The van der Waals surface area contributed by atoms with Crippen LogP contribution >= 0.6 is 0 Å². The number of fused-ring (bicyclic) bond motifs is 2. The molecule has 1 aliphatic carbocycles. The zero-order chi connectivity index (χ0) is 13.9. The SMILES string of the molecule is CCCOc1cc(C)ccc1O[C@@H]1[C@@H]2CC[C@H]1CNC2. The fourth-order valence-corrected chi connectivity index (χ4v) is 3.41. The van der Waals surface area contributed by atoms with E-state index in [1.807, 2.05) is 0 Å². The first-order chi connectivity index (χ1) is 9.78. The van der Waals surface area contributed by atoms with Crippen molar-refractivity contribution in [2.45, 2.75) is 39.2 Å². The molecule has 2 aliphatic rings. The second kappa shape index (κ2) is 6.04. The van der Waals surface area contributed by atoms with Gasteiger partial charge >= 0.3 is 0 Å². The Morgan fingerprint density at radius 1 is 1.15 bits per heavy atom. The van der Waals surface area contributed by atoms with Crippen LogP contribution in [-0.4, -0.2) is 25.8 Å². The molecule has 1 heterocycles. The fraction of sp³-hybridized carbons (Fsp3) is 0.647. The normalized spacial score (nSPS) is 28.4. The Morgan fingerprint density at radius 3 is 2.60 bits per heavy atom. The molecule has 0 spiro atoms. The summed E-state index contributed by atoms with van der Waals surface area (Å²) in [5, 5.41) is 3.51. The molecule has 3 nitrogen and oxygen atoms in total. The molecular weight excluding hydrogens is 250 g/mol. The van der Waals surface area contributed by atoms with Gasteiger partial charge in [-0.3, -0.25) is 0 Å². The standard InChI is InChI=1S/C17H25NO2/c1-3-8-19-16-9-12(2)4-7-15(16)20-17-13-5-6-14(17)11-18-10-13/h4,7,9,13-14,17-18H,3,5-6,8,10-11H2,1-2H3/t13-,14+,17-. The Balaban J connectivity index is 1.76. The van der Waals surface area contributed by atoms with Gasteiger partial charge in [0.05, 0.1) is 6.61 Å². The molecule has 2 bridgehead atoms. The molecule has 1 aromatic carbocycles. The van der Waals surface area contributed by atoms with Crippen LogP contribution in [0.1, 0.15) is 31.7 Å². The van der Waals surface area contributed by atoms with Crippen LogP contribution in [0.3, 0.4) is 0 Å². The summed E-state index contributed by atoms with van der Waals surface area (Å²) in [5.41, 5.74) is 1.22. The maximum atomic E-state index is 6.36. The van der Waals surface area contributed by atoms with Crippen LogP contribution < -0.4 is 14.8 Å². The first-order valence-corrected chi connectivity index (χ1v) is 7.88. The molecule has 1 aliphatic heterocycles. The summed E-state index contributed by atoms with van der Waals surface area (Å²) in [4.78, 5) is 0. The minimum Gasteiger partial charge on any atom is -0.490 e. The Kier molecular flexibility index (Phi) is 4.16. The fourth-order valence-electron chi connectivity index (χ4n) is 3.41. The molecule has 0 aromatic heterocycles. The second-order valence-corrected chi connectivity index (χ2v) is 6.14. The number of ether oxygens (including phenoxy) is 2. The Morgan fingerprint density at radius 2 is 1.90 bits per heavy atom. The van der Waals surface area contributed by atoms with Crippen molar-refractivity contribution in [3.05, 3.63) is 23.8 Å². The zero-order valence-corrected chi connectivity index (χ0v) is 12.5. The van der Waals surface area contributed by atoms with Gasteiger partial charge in [0.2, 0.25) is 0 Å². The van der Waals surface area contributed by atoms with Crippen molar-refractivity contribution in [2.24, 2.45) is 11.8 Å². The summed E-state index contributed by atoms with van der Waals surface area (Å²) in [6.45, 7) is 7.16. The molecule has 1 N–H and O–H groups in total. The summed E-state index contributed by atoms with van der Waals surface area (Å²) in [7, 11) is 0. The average Bonchev–Trinajstić information content (AvgIpc) is 2.68. The van der Waals surface area contributed by atoms with Crippen LogP contribution in [0.4, 0.5) is 0 Å². The van der Waals surface area contributed by atoms with E-state index in [1.165, 1.54) is 18.4 Å². The van der Waals surface area contributed by atoms with Crippen molar-refractivity contribution < 1.29 is 9.47 Å². The second-order valence-electron chi connectivity index (χ2n) is 6.14. The first kappa shape index (κ1) is 13.7. The summed E-state index contributed by atoms with van der Waals surface area (Å²) >= 11 is 0. The Hall–Kier alpha value is -1.22. The third kappa shape index (κ3) is 2.78. The van der Waals surface area contributed by atoms with E-state index >= 15 is 0 Å². The van der Waals surface area contributed by atoms with E-state index in [2.05, 4.69) is 37.4 Å². The maximum absolute atomic E-state index is 6.36. The van der Waals surface area contributed by atoms with Gasteiger partial charge in [-0.2, -0.15) is 0 Å². The maximum Gasteiger partial charge on any atom is 0.161 e. The van der Waals surface area contributed by atoms with Crippen LogP contribution in [-0.2, 0) is 0 Å². The molecule has 3 atom stereocenters. The number of piperidine rings is 1. The topological polar surface area (TPSA) is 30.5 Å². The molecule has 0 unspecified atom stereocenters. The summed E-state index contributed by atoms with van der Waals surface area (Å²) in [5.74, 6) is 3.15. The summed E-state index contributed by atoms with van der Waals surface area (Å²) in [6.07, 6.45) is 3.97. The van der Waals surface area contributed by atoms with Crippen LogP contribution in [0.2, 0.25) is 0 Å². The van der Waals surface area contributed by atoms with Crippen molar-refractivity contribution in [3.8, 4) is 11.5 Å². The van der Waals surface area contributed by atoms with Gasteiger partial charge in [0, 0.05) is 24.9 Å². The lowest BCUT2D eigenvalue weighted by molar-refractivity contribution is 0.0889. The molecular formula is C17H25NO2. The molecule has 1 saturated carbocycles. The number of nitrogens with one attached hydrogen (secondary N) is 1. The van der Waals surface area contributed by atoms with E-state index in [0.29, 0.717) is 17.9 Å². The minimum absolute atomic E-state index is 0.364. The third-order valence-electron chi connectivity index (χ3n) is 4.47. The van der Waals surface area contributed by atoms with Gasteiger partial charge < -0.3 is 14.8 Å². The molecule has 110 valence electrons. The monoisotopic (exact) mass is 275 g/mol. The molecule has 0 radical (unpaired) electrons. The third-order valence-corrected chi connectivity index (χ3v) is 4.47. The molecule has 1 aromatic rings. The molecule has 0 amide bonds. The highest BCUT2D eigenvalue weighted by Gasteiger charge is 2.40. The van der Waals surface area contributed by atoms with E-state index in [0.717, 1.165) is 37.6 Å². The van der Waals surface area contributed by atoms with Crippen molar-refractivity contribution in [1.29, 1.82) is 0 Å². The van der Waals surface area contributed by atoms with Gasteiger partial charge in [0.25, 0.3) is 0 Å². The smallest absolute Gasteiger partial charge is 0.161 e. The van der Waals surface area contributed by atoms with Crippen molar-refractivity contribution >= 4 is 0 Å². The number of hydrogen-bond donors (Lipinski definition) is 1. The van der Waals surface area contributed by atoms with Gasteiger partial charge in [0.15, 0.2) is 11.5 Å². The molecule has 2 fully saturated rings. The minimum atomic E-state index is 0.364. The van der Waals surface area contributed by atoms with Gasteiger partial charge in [-0.1, -0.05) is 13.0 Å². The van der Waals surface area contributed by atoms with E-state index in [-0.39, 0.29) is 0 Å². The highest BCUT2D eigenvalue weighted by Crippen LogP contribution is 2.39. The number of aryl methyl sites for hydroxylation is 1. The van der Waals surface area contributed by atoms with Crippen LogP contribution in [0.25, 0.3) is 0 Å². The molecule has 3 rings (SSSR count). The molecule has 20 heavy (non-hydrogen) atoms. The van der Waals surface area contributed by atoms with Crippen LogP contribution in [0.5, 0.6) is 11.5 Å². The lowest BCUT2D eigenvalue weighted by atomic mass is 9.96. The highest BCUT2D eigenvalue weighted by atomic mass is 16.5. The van der Waals surface area contributed by atoms with Crippen LogP contribution in [0.15, 0.2) is 18.2 Å². The van der Waals surface area contributed by atoms with Crippen LogP contribution in [0, 0.1) is 18.8 Å². The van der Waals surface area contributed by atoms with Crippen molar-refractivity contribution in [3.63, 3.8) is 0 Å². The predicted molar refractivity (Wildman–Crippen MR) is 80.5 cm³/mol. The lowest BCUT2D eigenvalue weighted by Crippen LogP contribution is -2.44. The van der Waals surface area contributed by atoms with E-state index < -0.39 is 0 Å². The Bertz CT molecular complexity index is 444. The van der Waals surface area contributed by atoms with E-state index in [9.17, 15) is 0 Å². The van der Waals surface area contributed by atoms with Gasteiger partial charge in [-0.05, 0) is 43.9 Å². The molecule has 3 heteroatoms. The van der Waals surface area contributed by atoms with E-state index in [1.54, 1.807) is 0 Å². The number of hydrogen-bond acceptors (Lipinski definition) is 3. The van der Waals surface area contributed by atoms with Gasteiger partial charge in [-0.25, -0.2) is 0 Å².